The van der Waals surface area contributed by atoms with Crippen molar-refractivity contribution in [1.29, 1.82) is 0 Å². The molecule has 4 heteroatoms. The third kappa shape index (κ3) is 3.76. The van der Waals surface area contributed by atoms with Gasteiger partial charge in [-0.2, -0.15) is 0 Å². The Morgan fingerprint density at radius 3 is 2.69 bits per heavy atom. The molecule has 1 heterocycles. The van der Waals surface area contributed by atoms with Crippen LogP contribution in [0, 0.1) is 5.92 Å². The van der Waals surface area contributed by atoms with E-state index in [1.165, 1.54) is 11.3 Å². The predicted molar refractivity (Wildman–Crippen MR) is 72.3 cm³/mol. The summed E-state index contributed by atoms with van der Waals surface area (Å²) in [7, 11) is 4.10. The lowest BCUT2D eigenvalue weighted by molar-refractivity contribution is 0.585. The molecule has 0 bridgehead atoms. The zero-order chi connectivity index (χ0) is 12.1. The monoisotopic (exact) mass is 241 g/mol. The Morgan fingerprint density at radius 2 is 2.12 bits per heavy atom. The van der Waals surface area contributed by atoms with Gasteiger partial charge in [0.15, 0.2) is 5.13 Å². The fourth-order valence-electron chi connectivity index (χ4n) is 1.34. The first-order valence-electron chi connectivity index (χ1n) is 5.88. The van der Waals surface area contributed by atoms with Gasteiger partial charge in [-0.25, -0.2) is 4.98 Å². The second kappa shape index (κ2) is 6.21. The minimum atomic E-state index is 0.393. The van der Waals surface area contributed by atoms with Gasteiger partial charge in [0.25, 0.3) is 0 Å². The second-order valence-corrected chi connectivity index (χ2v) is 5.70. The first-order chi connectivity index (χ1) is 7.54. The highest BCUT2D eigenvalue weighted by Crippen LogP contribution is 2.26. The fraction of sp³-hybridized carbons (Fsp3) is 0.750. The van der Waals surface area contributed by atoms with Crippen LogP contribution in [-0.2, 0) is 0 Å². The molecule has 0 amide bonds. The molecule has 0 aliphatic heterocycles. The van der Waals surface area contributed by atoms with E-state index in [-0.39, 0.29) is 0 Å². The van der Waals surface area contributed by atoms with E-state index in [1.807, 2.05) is 13.2 Å². The van der Waals surface area contributed by atoms with E-state index < -0.39 is 0 Å². The van der Waals surface area contributed by atoms with Crippen molar-refractivity contribution in [2.24, 2.45) is 5.92 Å². The largest absolute Gasteiger partial charge is 0.351 e. The number of anilines is 1. The van der Waals surface area contributed by atoms with E-state index in [0.717, 1.165) is 17.6 Å². The summed E-state index contributed by atoms with van der Waals surface area (Å²) in [6, 6.07) is 0.393. The van der Waals surface area contributed by atoms with Crippen LogP contribution in [0.2, 0.25) is 0 Å². The predicted octanol–water partition coefficient (Wildman–Crippen LogP) is 2.91. The van der Waals surface area contributed by atoms with Gasteiger partial charge in [0.05, 0.1) is 0 Å². The van der Waals surface area contributed by atoms with Crippen LogP contribution in [0.1, 0.15) is 38.1 Å². The maximum absolute atomic E-state index is 4.47. The maximum atomic E-state index is 4.47. The summed E-state index contributed by atoms with van der Waals surface area (Å²) in [6.45, 7) is 7.75. The summed E-state index contributed by atoms with van der Waals surface area (Å²) in [5.41, 5.74) is 0. The van der Waals surface area contributed by atoms with Crippen molar-refractivity contribution in [3.05, 3.63) is 11.1 Å². The van der Waals surface area contributed by atoms with E-state index in [9.17, 15) is 0 Å². The molecular formula is C12H23N3S. The Balaban J connectivity index is 2.56. The van der Waals surface area contributed by atoms with Crippen LogP contribution in [0.4, 0.5) is 5.13 Å². The number of nitrogens with zero attached hydrogens (tertiary/aromatic N) is 2. The summed E-state index contributed by atoms with van der Waals surface area (Å²) < 4.78 is 0. The summed E-state index contributed by atoms with van der Waals surface area (Å²) in [5.74, 6) is 0.748. The minimum Gasteiger partial charge on any atom is -0.351 e. The topological polar surface area (TPSA) is 28.2 Å². The molecule has 92 valence electrons. The molecule has 1 atom stereocenters. The van der Waals surface area contributed by atoms with Gasteiger partial charge < -0.3 is 10.2 Å². The van der Waals surface area contributed by atoms with Crippen LogP contribution in [0.3, 0.4) is 0 Å². The zero-order valence-corrected chi connectivity index (χ0v) is 11.8. The number of thiazole rings is 1. The van der Waals surface area contributed by atoms with E-state index in [2.05, 4.69) is 43.0 Å². The summed E-state index contributed by atoms with van der Waals surface area (Å²) in [6.07, 6.45) is 3.19. The molecule has 0 spiro atoms. The third-order valence-corrected chi connectivity index (χ3v) is 4.03. The fourth-order valence-corrected chi connectivity index (χ4v) is 2.31. The smallest absolute Gasteiger partial charge is 0.185 e. The van der Waals surface area contributed by atoms with Gasteiger partial charge in [0.2, 0.25) is 0 Å². The number of hydrogen-bond donors (Lipinski definition) is 1. The molecule has 0 saturated heterocycles. The SMILES string of the molecule is CNC(C)c1cnc(N(C)CCC(C)C)s1. The number of aromatic nitrogens is 1. The van der Waals surface area contributed by atoms with Crippen LogP contribution < -0.4 is 10.2 Å². The van der Waals surface area contributed by atoms with Gasteiger partial charge in [0.1, 0.15) is 0 Å². The van der Waals surface area contributed by atoms with Crippen molar-refractivity contribution in [1.82, 2.24) is 10.3 Å². The molecule has 0 radical (unpaired) electrons. The molecule has 0 aliphatic carbocycles. The molecule has 0 saturated carbocycles. The van der Waals surface area contributed by atoms with Gasteiger partial charge in [-0.15, -0.1) is 11.3 Å². The molecule has 0 aliphatic rings. The minimum absolute atomic E-state index is 0.393. The molecule has 0 aromatic carbocycles. The summed E-state index contributed by atoms with van der Waals surface area (Å²) in [4.78, 5) is 8.01. The lowest BCUT2D eigenvalue weighted by Crippen LogP contribution is -2.19. The highest BCUT2D eigenvalue weighted by molar-refractivity contribution is 7.15. The average molecular weight is 241 g/mol. The molecular weight excluding hydrogens is 218 g/mol. The highest BCUT2D eigenvalue weighted by Gasteiger charge is 2.10. The second-order valence-electron chi connectivity index (χ2n) is 4.66. The van der Waals surface area contributed by atoms with Crippen molar-refractivity contribution in [2.75, 3.05) is 25.5 Å². The molecule has 1 aromatic heterocycles. The van der Waals surface area contributed by atoms with Crippen molar-refractivity contribution in [3.8, 4) is 0 Å². The van der Waals surface area contributed by atoms with Gasteiger partial charge in [0, 0.05) is 30.7 Å². The molecule has 1 rings (SSSR count). The lowest BCUT2D eigenvalue weighted by Gasteiger charge is -2.16. The highest BCUT2D eigenvalue weighted by atomic mass is 32.1. The van der Waals surface area contributed by atoms with Gasteiger partial charge in [-0.1, -0.05) is 13.8 Å². The van der Waals surface area contributed by atoms with Gasteiger partial charge in [-0.05, 0) is 26.3 Å². The maximum Gasteiger partial charge on any atom is 0.185 e. The Morgan fingerprint density at radius 1 is 1.44 bits per heavy atom. The molecule has 16 heavy (non-hydrogen) atoms. The van der Waals surface area contributed by atoms with Crippen LogP contribution in [-0.4, -0.2) is 25.6 Å². The zero-order valence-electron chi connectivity index (χ0n) is 10.9. The number of nitrogens with one attached hydrogen (secondary N) is 1. The van der Waals surface area contributed by atoms with E-state index in [1.54, 1.807) is 11.3 Å². The number of hydrogen-bond acceptors (Lipinski definition) is 4. The summed E-state index contributed by atoms with van der Waals surface area (Å²) >= 11 is 1.78. The third-order valence-electron chi connectivity index (χ3n) is 2.74. The molecule has 1 N–H and O–H groups in total. The van der Waals surface area contributed by atoms with Crippen LogP contribution >= 0.6 is 11.3 Å². The Kier molecular flexibility index (Phi) is 5.22. The summed E-state index contributed by atoms with van der Waals surface area (Å²) in [5, 5.41) is 4.36. The van der Waals surface area contributed by atoms with Crippen molar-refractivity contribution in [2.45, 2.75) is 33.2 Å². The van der Waals surface area contributed by atoms with Crippen molar-refractivity contribution in [3.63, 3.8) is 0 Å². The van der Waals surface area contributed by atoms with Crippen LogP contribution in [0.15, 0.2) is 6.20 Å². The standard InChI is InChI=1S/C12H23N3S/c1-9(2)6-7-15(5)12-14-8-11(16-12)10(3)13-4/h8-10,13H,6-7H2,1-5H3. The molecule has 1 aromatic rings. The Hall–Kier alpha value is -0.610. The van der Waals surface area contributed by atoms with Crippen LogP contribution in [0.5, 0.6) is 0 Å². The number of rotatable bonds is 6. The van der Waals surface area contributed by atoms with Crippen molar-refractivity contribution >= 4 is 16.5 Å². The van der Waals surface area contributed by atoms with E-state index in [4.69, 9.17) is 0 Å². The van der Waals surface area contributed by atoms with Crippen LogP contribution in [0.25, 0.3) is 0 Å². The normalized spacial score (nSPS) is 13.1. The Labute approximate surface area is 103 Å². The first kappa shape index (κ1) is 13.5. The average Bonchev–Trinajstić information content (AvgIpc) is 2.74. The Bertz CT molecular complexity index is 309. The molecule has 3 nitrogen and oxygen atoms in total. The first-order valence-corrected chi connectivity index (χ1v) is 6.70. The quantitative estimate of drug-likeness (QED) is 0.830. The van der Waals surface area contributed by atoms with Gasteiger partial charge >= 0.3 is 0 Å². The van der Waals surface area contributed by atoms with Gasteiger partial charge in [-0.3, -0.25) is 0 Å². The molecule has 0 fully saturated rings. The van der Waals surface area contributed by atoms with E-state index >= 15 is 0 Å². The van der Waals surface area contributed by atoms with E-state index in [0.29, 0.717) is 6.04 Å². The lowest BCUT2D eigenvalue weighted by atomic mass is 10.1. The molecule has 1 unspecified atom stereocenters. The van der Waals surface area contributed by atoms with Crippen molar-refractivity contribution < 1.29 is 0 Å².